The summed E-state index contributed by atoms with van der Waals surface area (Å²) < 4.78 is 0. The molecule has 10 nitrogen and oxygen atoms in total. The van der Waals surface area contributed by atoms with E-state index < -0.39 is 11.1 Å². The van der Waals surface area contributed by atoms with Gasteiger partial charge in [-0.3, -0.25) is 24.4 Å². The van der Waals surface area contributed by atoms with Crippen molar-refractivity contribution in [2.24, 2.45) is 4.99 Å². The molecule has 2 amide bonds. The van der Waals surface area contributed by atoms with E-state index in [4.69, 9.17) is 23.6 Å². The van der Waals surface area contributed by atoms with E-state index in [1.807, 2.05) is 36.5 Å². The summed E-state index contributed by atoms with van der Waals surface area (Å²) in [6.45, 7) is 15.4. The molecule has 7 rings (SSSR count). The third-order valence-corrected chi connectivity index (χ3v) is 13.6. The van der Waals surface area contributed by atoms with E-state index in [0.29, 0.717) is 22.9 Å². The minimum absolute atomic E-state index is 0.0194. The number of hydrogen-bond donors (Lipinski definition) is 3. The number of amides is 2. The minimum atomic E-state index is -0.635. The Morgan fingerprint density at radius 1 is 1.22 bits per heavy atom. The Morgan fingerprint density at radius 2 is 2.02 bits per heavy atom. The Hall–Kier alpha value is -4.56. The monoisotopic (exact) mass is 842 g/mol. The predicted octanol–water partition coefficient (Wildman–Crippen LogP) is 7.39. The molecule has 3 aliphatic heterocycles. The Kier molecular flexibility index (Phi) is 13.5. The molecule has 1 aromatic heterocycles. The highest BCUT2D eigenvalue weighted by Gasteiger charge is 2.63. The molecule has 3 fully saturated rings. The van der Waals surface area contributed by atoms with Crippen LogP contribution in [-0.4, -0.2) is 88.6 Å². The smallest absolute Gasteiger partial charge is 0.259 e. The van der Waals surface area contributed by atoms with Gasteiger partial charge in [0.15, 0.2) is 5.11 Å². The number of allylic oxidation sites excluding steroid dienone is 3. The second-order valence-electron chi connectivity index (χ2n) is 17.4. The molecule has 60 heavy (non-hydrogen) atoms. The minimum Gasteiger partial charge on any atom is -0.377 e. The maximum absolute atomic E-state index is 14.4. The summed E-state index contributed by atoms with van der Waals surface area (Å²) >= 11 is 6.21. The van der Waals surface area contributed by atoms with Gasteiger partial charge in [-0.15, -0.1) is 15.7 Å². The van der Waals surface area contributed by atoms with E-state index in [1.54, 1.807) is 11.1 Å². The molecule has 4 heterocycles. The summed E-state index contributed by atoms with van der Waals surface area (Å²) in [4.78, 5) is 43.1. The first-order valence-electron chi connectivity index (χ1n) is 21.7. The highest BCUT2D eigenvalue weighted by atomic mass is 32.1. The zero-order chi connectivity index (χ0) is 42.6. The molecule has 2 aromatic rings. The molecule has 0 bridgehead atoms. The van der Waals surface area contributed by atoms with Crippen LogP contribution in [0.25, 0.3) is 0 Å². The van der Waals surface area contributed by atoms with Gasteiger partial charge in [0.05, 0.1) is 29.5 Å². The van der Waals surface area contributed by atoms with Crippen LogP contribution in [0.5, 0.6) is 0 Å². The van der Waals surface area contributed by atoms with E-state index in [2.05, 4.69) is 92.9 Å². The lowest BCUT2D eigenvalue weighted by atomic mass is 9.71. The molecule has 5 atom stereocenters. The lowest BCUT2D eigenvalue weighted by molar-refractivity contribution is -0.131. The second-order valence-corrected chi connectivity index (χ2v) is 18.7. The highest BCUT2D eigenvalue weighted by Crippen LogP contribution is 2.51. The molecular weight excluding hydrogens is 782 g/mol. The molecule has 314 valence electrons. The van der Waals surface area contributed by atoms with Crippen LogP contribution in [0.2, 0.25) is 0 Å². The first-order valence-corrected chi connectivity index (χ1v) is 22.8. The predicted molar refractivity (Wildman–Crippen MR) is 256 cm³/mol. The summed E-state index contributed by atoms with van der Waals surface area (Å²) in [5.74, 6) is 2.76. The van der Waals surface area contributed by atoms with Gasteiger partial charge in [-0.1, -0.05) is 38.3 Å². The summed E-state index contributed by atoms with van der Waals surface area (Å²) in [5, 5.41) is 10.4. The number of aromatic nitrogens is 1. The normalized spacial score (nSPS) is 24.4. The number of rotatable bonds is 15. The number of benzene rings is 1. The molecule has 1 aromatic carbocycles. The van der Waals surface area contributed by atoms with E-state index in [0.717, 1.165) is 119 Å². The number of thiocarbonyl (C=S) groups is 1. The van der Waals surface area contributed by atoms with Gasteiger partial charge >= 0.3 is 0 Å². The molecule has 2 saturated heterocycles. The summed E-state index contributed by atoms with van der Waals surface area (Å²) in [5.41, 5.74) is 7.59. The number of nitrogens with zero attached hydrogens (tertiary/aromatic N) is 5. The van der Waals surface area contributed by atoms with Crippen molar-refractivity contribution in [1.82, 2.24) is 20.1 Å². The Balaban J connectivity index is 0.889. The zero-order valence-corrected chi connectivity index (χ0v) is 37.5. The first kappa shape index (κ1) is 43.5. The van der Waals surface area contributed by atoms with Crippen LogP contribution >= 0.6 is 21.5 Å². The fourth-order valence-electron chi connectivity index (χ4n) is 9.56. The van der Waals surface area contributed by atoms with Crippen LogP contribution in [0.4, 0.5) is 17.1 Å². The van der Waals surface area contributed by atoms with Crippen molar-refractivity contribution in [1.29, 1.82) is 0 Å². The van der Waals surface area contributed by atoms with Gasteiger partial charge < -0.3 is 20.9 Å². The molecule has 2 aliphatic carbocycles. The Bertz CT molecular complexity index is 2170. The quantitative estimate of drug-likeness (QED) is 0.0739. The van der Waals surface area contributed by atoms with Crippen molar-refractivity contribution >= 4 is 69.5 Å². The lowest BCUT2D eigenvalue weighted by Crippen LogP contribution is -2.62. The van der Waals surface area contributed by atoms with Gasteiger partial charge in [0.1, 0.15) is 19.1 Å². The van der Waals surface area contributed by atoms with Crippen molar-refractivity contribution in [2.75, 3.05) is 35.2 Å². The summed E-state index contributed by atoms with van der Waals surface area (Å²) in [7, 11) is 4.84. The van der Waals surface area contributed by atoms with Crippen LogP contribution in [0, 0.1) is 12.3 Å². The fraction of sp³-hybridized carbons (Fsp3) is 0.468. The van der Waals surface area contributed by atoms with E-state index in [1.165, 1.54) is 11.1 Å². The third kappa shape index (κ3) is 9.19. The number of aliphatic imine (C=N–C) groups is 1. The van der Waals surface area contributed by atoms with Gasteiger partial charge in [-0.25, -0.2) is 4.98 Å². The van der Waals surface area contributed by atoms with Crippen LogP contribution < -0.4 is 20.9 Å². The standard InChI is InChI=1S/C47H60BN8O2PS/c1-6-33-28-46(5,56-45(60)55(44(58)47(56)20-11-21-47)38-27-39(43(48)59)40(7-2)50-29-38)22-19-34(33)12-10-24-54-25-23-49-37(30-54)15-9-16-42(57)53-36-14-8-13-35(26-36)52-41-18-17-31(3)51-32(41)4/h2,8,13-14,19,23,26-29,37,41,43,51-52H,3-4,6,9-12,15-18,20-22,24-25,30,48,59H2,1,5H3,(H,53,57). The number of piperidine rings is 1. The largest absolute Gasteiger partial charge is 0.377 e. The molecule has 13 heteroatoms. The van der Waals surface area contributed by atoms with Crippen molar-refractivity contribution in [3.8, 4) is 12.3 Å². The van der Waals surface area contributed by atoms with Crippen LogP contribution in [0.1, 0.15) is 108 Å². The van der Waals surface area contributed by atoms with Gasteiger partial charge in [0.25, 0.3) is 5.91 Å². The maximum atomic E-state index is 14.4. The molecular formula is C47H60BN8O2PS. The topological polar surface area (TPSA) is 105 Å². The molecule has 0 radical (unpaired) electrons. The Morgan fingerprint density at radius 3 is 2.73 bits per heavy atom. The average Bonchev–Trinajstić information content (AvgIpc) is 3.46. The number of nitrogens with one attached hydrogen (secondary N) is 3. The third-order valence-electron chi connectivity index (χ3n) is 12.9. The first-order chi connectivity index (χ1) is 28.8. The molecule has 1 saturated carbocycles. The second kappa shape index (κ2) is 18.6. The molecule has 1 spiro atoms. The number of hydrogen-bond acceptors (Lipinski definition) is 8. The van der Waals surface area contributed by atoms with Gasteiger partial charge in [-0.2, -0.15) is 0 Å². The van der Waals surface area contributed by atoms with Crippen molar-refractivity contribution in [2.45, 2.75) is 120 Å². The van der Waals surface area contributed by atoms with Gasteiger partial charge in [0.2, 0.25) is 5.91 Å². The van der Waals surface area contributed by atoms with E-state index in [9.17, 15) is 9.59 Å². The van der Waals surface area contributed by atoms with Crippen LogP contribution in [0.3, 0.4) is 0 Å². The number of pyridine rings is 1. The van der Waals surface area contributed by atoms with E-state index in [-0.39, 0.29) is 29.5 Å². The Labute approximate surface area is 365 Å². The molecule has 5 aliphatic rings. The van der Waals surface area contributed by atoms with Gasteiger partial charge in [0, 0.05) is 48.5 Å². The van der Waals surface area contributed by atoms with Crippen LogP contribution in [0.15, 0.2) is 89.4 Å². The maximum Gasteiger partial charge on any atom is 0.259 e. The lowest BCUT2D eigenvalue weighted by Gasteiger charge is -2.52. The van der Waals surface area contributed by atoms with Gasteiger partial charge in [-0.05, 0) is 149 Å². The summed E-state index contributed by atoms with van der Waals surface area (Å²) in [6.07, 6.45) is 24.6. The van der Waals surface area contributed by atoms with Crippen molar-refractivity contribution in [3.63, 3.8) is 0 Å². The number of carbonyl (C=O) groups excluding carboxylic acids is 2. The fourth-order valence-corrected chi connectivity index (χ4v) is 10.4. The average molecular weight is 843 g/mol. The number of anilines is 3. The molecule has 5 unspecified atom stereocenters. The van der Waals surface area contributed by atoms with E-state index >= 15 is 0 Å². The zero-order valence-electron chi connectivity index (χ0n) is 35.6. The number of terminal acetylenes is 1. The number of carbonyl (C=O) groups is 2. The molecule has 3 N–H and O–H groups in total. The summed E-state index contributed by atoms with van der Waals surface area (Å²) in [6, 6.07) is 10.2. The SMILES string of the molecule is BC(P)c1cc(N2C(=O)C3(CCC3)N(C3(C)C=C(CC)C(CCCN4CC=NC(CCCC(=O)Nc5cccc(NC6CCC(=C)NC6=C)c5)C4)=CC3)C2=S)cnc1C#C. The van der Waals surface area contributed by atoms with Crippen molar-refractivity contribution in [3.05, 3.63) is 95.6 Å². The van der Waals surface area contributed by atoms with Crippen molar-refractivity contribution < 1.29 is 9.59 Å². The highest BCUT2D eigenvalue weighted by molar-refractivity contribution is 7.80. The van der Waals surface area contributed by atoms with Crippen LogP contribution in [-0.2, 0) is 9.59 Å².